The molecule has 0 bridgehead atoms. The van der Waals surface area contributed by atoms with Crippen LogP contribution in [0.2, 0.25) is 0 Å². The Balaban J connectivity index is 0.00000280. The van der Waals surface area contributed by atoms with Crippen LogP contribution < -0.4 is 15.5 Å². The van der Waals surface area contributed by atoms with Crippen LogP contribution in [0, 0.1) is 0 Å². The summed E-state index contributed by atoms with van der Waals surface area (Å²) in [4.78, 5) is 11.6. The van der Waals surface area contributed by atoms with E-state index in [1.807, 2.05) is 12.3 Å². The number of nitrogens with zero attached hydrogens (tertiary/aromatic N) is 3. The van der Waals surface area contributed by atoms with E-state index in [-0.39, 0.29) is 36.2 Å². The summed E-state index contributed by atoms with van der Waals surface area (Å²) >= 11 is 0. The smallest absolute Gasteiger partial charge is 0.191 e. The fourth-order valence-electron chi connectivity index (χ4n) is 3.66. The van der Waals surface area contributed by atoms with Crippen molar-refractivity contribution >= 4 is 35.8 Å². The Labute approximate surface area is 185 Å². The van der Waals surface area contributed by atoms with E-state index in [9.17, 15) is 5.11 Å². The van der Waals surface area contributed by atoms with Crippen molar-refractivity contribution in [3.05, 3.63) is 23.9 Å². The first-order valence-corrected chi connectivity index (χ1v) is 10.2. The molecule has 3 rings (SSSR count). The molecule has 1 saturated heterocycles. The number of pyridine rings is 1. The molecule has 3 N–H and O–H groups in total. The highest BCUT2D eigenvalue weighted by Crippen LogP contribution is 2.19. The van der Waals surface area contributed by atoms with Crippen molar-refractivity contribution in [3.8, 4) is 0 Å². The number of hydrogen-bond acceptors (Lipinski definition) is 5. The molecule has 2 aliphatic rings. The number of guanidine groups is 1. The third kappa shape index (κ3) is 7.04. The molecule has 1 aliphatic heterocycles. The molecule has 0 spiro atoms. The Morgan fingerprint density at radius 1 is 1.36 bits per heavy atom. The van der Waals surface area contributed by atoms with Crippen LogP contribution in [0.25, 0.3) is 0 Å². The summed E-state index contributed by atoms with van der Waals surface area (Å²) in [5.41, 5.74) is 1.15. The maximum atomic E-state index is 9.67. The second-order valence-electron chi connectivity index (χ2n) is 7.49. The number of anilines is 1. The molecule has 8 heteroatoms. The molecule has 1 aromatic heterocycles. The highest BCUT2D eigenvalue weighted by Gasteiger charge is 2.20. The fourth-order valence-corrected chi connectivity index (χ4v) is 3.66. The normalized spacial score (nSPS) is 25.8. The first-order chi connectivity index (χ1) is 13.1. The first-order valence-electron chi connectivity index (χ1n) is 10.2. The monoisotopic (exact) mass is 503 g/mol. The van der Waals surface area contributed by atoms with Gasteiger partial charge in [0, 0.05) is 31.9 Å². The predicted molar refractivity (Wildman–Crippen MR) is 123 cm³/mol. The first kappa shape index (κ1) is 23.2. The zero-order valence-corrected chi connectivity index (χ0v) is 19.3. The highest BCUT2D eigenvalue weighted by molar-refractivity contribution is 14.0. The van der Waals surface area contributed by atoms with Gasteiger partial charge in [-0.2, -0.15) is 0 Å². The average Bonchev–Trinajstić information content (AvgIpc) is 2.68. The van der Waals surface area contributed by atoms with Crippen molar-refractivity contribution in [2.75, 3.05) is 31.1 Å². The van der Waals surface area contributed by atoms with Gasteiger partial charge in [-0.15, -0.1) is 24.0 Å². The number of aliphatic imine (C=N–C) groups is 1. The molecule has 2 fully saturated rings. The van der Waals surface area contributed by atoms with Crippen molar-refractivity contribution in [1.29, 1.82) is 0 Å². The number of halogens is 1. The van der Waals surface area contributed by atoms with E-state index >= 15 is 0 Å². The Hall–Kier alpha value is -1.13. The second kappa shape index (κ2) is 11.8. The predicted octanol–water partition coefficient (Wildman–Crippen LogP) is 2.28. The van der Waals surface area contributed by atoms with Gasteiger partial charge in [-0.05, 0) is 57.2 Å². The Kier molecular flexibility index (Phi) is 9.73. The largest absolute Gasteiger partial charge is 0.393 e. The molecule has 0 radical (unpaired) electrons. The minimum atomic E-state index is -0.138. The van der Waals surface area contributed by atoms with Gasteiger partial charge in [-0.3, -0.25) is 0 Å². The van der Waals surface area contributed by atoms with Gasteiger partial charge in [0.1, 0.15) is 5.82 Å². The van der Waals surface area contributed by atoms with Crippen LogP contribution in [0.1, 0.15) is 45.1 Å². The van der Waals surface area contributed by atoms with Gasteiger partial charge in [-0.25, -0.2) is 9.98 Å². The summed E-state index contributed by atoms with van der Waals surface area (Å²) in [5.74, 6) is 1.84. The summed E-state index contributed by atoms with van der Waals surface area (Å²) in [6.07, 6.45) is 5.66. The number of aromatic nitrogens is 1. The van der Waals surface area contributed by atoms with Crippen LogP contribution in [0.5, 0.6) is 0 Å². The van der Waals surface area contributed by atoms with Crippen LogP contribution in [-0.2, 0) is 11.3 Å². The molecular formula is C20H34IN5O2. The lowest BCUT2D eigenvalue weighted by atomic mass is 9.93. The molecule has 1 aliphatic carbocycles. The lowest BCUT2D eigenvalue weighted by Crippen LogP contribution is -2.45. The van der Waals surface area contributed by atoms with Crippen molar-refractivity contribution < 1.29 is 9.84 Å². The lowest BCUT2D eigenvalue weighted by Gasteiger charge is -2.32. The number of rotatable bonds is 5. The Morgan fingerprint density at radius 2 is 2.14 bits per heavy atom. The number of nitrogens with one attached hydrogen (secondary N) is 2. The van der Waals surface area contributed by atoms with Crippen LogP contribution in [0.3, 0.4) is 0 Å². The van der Waals surface area contributed by atoms with Gasteiger partial charge in [0.2, 0.25) is 0 Å². The molecule has 28 heavy (non-hydrogen) atoms. The molecule has 7 nitrogen and oxygen atoms in total. The molecular weight excluding hydrogens is 469 g/mol. The van der Waals surface area contributed by atoms with Gasteiger partial charge in [-0.1, -0.05) is 0 Å². The standard InChI is InChI=1S/C20H33N5O2.HI/c1-3-21-20(24-17-4-6-18(26)7-5-17)23-13-16-8-9-22-19(12-16)25-10-11-27-15(2)14-25;/h8-9,12,15,17-18,26H,3-7,10-11,13-14H2,1-2H3,(H2,21,23,24);1H. The zero-order chi connectivity index (χ0) is 19.1. The zero-order valence-electron chi connectivity index (χ0n) is 16.9. The maximum Gasteiger partial charge on any atom is 0.191 e. The number of aliphatic hydroxyl groups excluding tert-OH is 1. The van der Waals surface area contributed by atoms with E-state index in [1.54, 1.807) is 0 Å². The second-order valence-corrected chi connectivity index (χ2v) is 7.49. The molecule has 1 unspecified atom stereocenters. The average molecular weight is 503 g/mol. The van der Waals surface area contributed by atoms with E-state index in [0.717, 1.165) is 69.3 Å². The van der Waals surface area contributed by atoms with Crippen molar-refractivity contribution in [2.24, 2.45) is 4.99 Å². The minimum Gasteiger partial charge on any atom is -0.393 e. The van der Waals surface area contributed by atoms with Crippen molar-refractivity contribution in [1.82, 2.24) is 15.6 Å². The lowest BCUT2D eigenvalue weighted by molar-refractivity contribution is 0.0529. The maximum absolute atomic E-state index is 9.67. The molecule has 0 amide bonds. The van der Waals surface area contributed by atoms with E-state index < -0.39 is 0 Å². The summed E-state index contributed by atoms with van der Waals surface area (Å²) in [5, 5.41) is 16.5. The summed E-state index contributed by atoms with van der Waals surface area (Å²) < 4.78 is 5.62. The van der Waals surface area contributed by atoms with Gasteiger partial charge < -0.3 is 25.4 Å². The molecule has 0 aromatic carbocycles. The van der Waals surface area contributed by atoms with E-state index in [4.69, 9.17) is 9.73 Å². The van der Waals surface area contributed by atoms with Crippen LogP contribution in [0.15, 0.2) is 23.3 Å². The molecule has 1 saturated carbocycles. The number of morpholine rings is 1. The fraction of sp³-hybridized carbons (Fsp3) is 0.700. The summed E-state index contributed by atoms with van der Waals surface area (Å²) in [7, 11) is 0. The van der Waals surface area contributed by atoms with Crippen molar-refractivity contribution in [2.45, 2.75) is 64.3 Å². The van der Waals surface area contributed by atoms with Gasteiger partial charge in [0.15, 0.2) is 5.96 Å². The molecule has 2 heterocycles. The van der Waals surface area contributed by atoms with E-state index in [2.05, 4.69) is 40.4 Å². The Bertz CT molecular complexity index is 622. The SMILES string of the molecule is CCNC(=NCc1ccnc(N2CCOC(C)C2)c1)NC1CCC(O)CC1.I. The number of ether oxygens (including phenoxy) is 1. The van der Waals surface area contributed by atoms with Gasteiger partial charge in [0.05, 0.1) is 25.4 Å². The topological polar surface area (TPSA) is 82.0 Å². The van der Waals surface area contributed by atoms with Crippen LogP contribution in [0.4, 0.5) is 5.82 Å². The summed E-state index contributed by atoms with van der Waals surface area (Å²) in [6, 6.07) is 4.54. The molecule has 1 atom stereocenters. The van der Waals surface area contributed by atoms with Crippen LogP contribution >= 0.6 is 24.0 Å². The minimum absolute atomic E-state index is 0. The third-order valence-corrected chi connectivity index (χ3v) is 5.18. The quantitative estimate of drug-likeness (QED) is 0.325. The van der Waals surface area contributed by atoms with Crippen LogP contribution in [-0.4, -0.2) is 60.5 Å². The molecule has 1 aromatic rings. The third-order valence-electron chi connectivity index (χ3n) is 5.18. The van der Waals surface area contributed by atoms with Gasteiger partial charge in [0.25, 0.3) is 0 Å². The van der Waals surface area contributed by atoms with E-state index in [1.165, 1.54) is 0 Å². The van der Waals surface area contributed by atoms with E-state index in [0.29, 0.717) is 12.6 Å². The number of hydrogen-bond donors (Lipinski definition) is 3. The van der Waals surface area contributed by atoms with Crippen molar-refractivity contribution in [3.63, 3.8) is 0 Å². The van der Waals surface area contributed by atoms with Gasteiger partial charge >= 0.3 is 0 Å². The Morgan fingerprint density at radius 3 is 2.86 bits per heavy atom. The molecule has 158 valence electrons. The number of aliphatic hydroxyl groups is 1. The summed E-state index contributed by atoms with van der Waals surface area (Å²) in [6.45, 7) is 8.11. The highest BCUT2D eigenvalue weighted by atomic mass is 127.